The Morgan fingerprint density at radius 2 is 2.14 bits per heavy atom. The fraction of sp³-hybridized carbons (Fsp3) is 0.667. The lowest BCUT2D eigenvalue weighted by atomic mass is 9.81. The summed E-state index contributed by atoms with van der Waals surface area (Å²) in [7, 11) is -3.59. The van der Waals surface area contributed by atoms with Gasteiger partial charge in [-0.25, -0.2) is 23.2 Å². The van der Waals surface area contributed by atoms with E-state index < -0.39 is 39.4 Å². The van der Waals surface area contributed by atoms with Crippen molar-refractivity contribution < 1.29 is 22.3 Å². The minimum atomic E-state index is -3.59. The van der Waals surface area contributed by atoms with Crippen LogP contribution in [-0.4, -0.2) is 72.9 Å². The summed E-state index contributed by atoms with van der Waals surface area (Å²) in [4.78, 5) is 13.3. The Morgan fingerprint density at radius 3 is 2.83 bits per heavy atom. The lowest BCUT2D eigenvalue weighted by Crippen LogP contribution is -2.65. The van der Waals surface area contributed by atoms with Crippen LogP contribution < -0.4 is 16.1 Å². The van der Waals surface area contributed by atoms with Crippen LogP contribution >= 0.6 is 0 Å². The highest BCUT2D eigenvalue weighted by atomic mass is 32.2. The first-order valence-electron chi connectivity index (χ1n) is 12.3. The minimum absolute atomic E-state index is 0.0264. The normalized spacial score (nSPS) is 34.5. The predicted molar refractivity (Wildman–Crippen MR) is 130 cm³/mol. The van der Waals surface area contributed by atoms with Crippen molar-refractivity contribution in [3.05, 3.63) is 23.8 Å². The molecule has 0 radical (unpaired) electrons. The summed E-state index contributed by atoms with van der Waals surface area (Å²) in [6, 6.07) is 6.94. The molecule has 3 N–H and O–H groups in total. The van der Waals surface area contributed by atoms with Crippen LogP contribution in [0, 0.1) is 17.2 Å². The quantitative estimate of drug-likeness (QED) is 0.545. The standard InChI is InChI=1S/C24H33FN6O4S/c1-23(2,3)30-13-15-12-16(4-5-18(15)36(30,33)34)28-21-20-17(6-10-27-22(20)32)31(29-21)24(7-9-26)8-11-35-14-19(24)25/h4-5,12,17,19-21,28-29H,6-8,10-11,13-14H2,1-3H3,(H,27,32)/t17?,19-,20?,21?,24+/m1/s1. The van der Waals surface area contributed by atoms with Gasteiger partial charge in [0.15, 0.2) is 0 Å². The van der Waals surface area contributed by atoms with Gasteiger partial charge in [0.25, 0.3) is 0 Å². The topological polar surface area (TPSA) is 127 Å². The molecule has 0 aliphatic carbocycles. The van der Waals surface area contributed by atoms with Gasteiger partial charge in [-0.15, -0.1) is 0 Å². The number of carbonyl (C=O) groups excluding carboxylic acids is 1. The van der Waals surface area contributed by atoms with Crippen molar-refractivity contribution in [3.8, 4) is 6.07 Å². The van der Waals surface area contributed by atoms with E-state index in [0.717, 1.165) is 0 Å². The van der Waals surface area contributed by atoms with E-state index in [0.29, 0.717) is 37.2 Å². The summed E-state index contributed by atoms with van der Waals surface area (Å²) in [5, 5.41) is 17.6. The maximum Gasteiger partial charge on any atom is 0.244 e. The van der Waals surface area contributed by atoms with Gasteiger partial charge in [-0.2, -0.15) is 9.57 Å². The molecule has 4 aliphatic rings. The maximum atomic E-state index is 15.4. The van der Waals surface area contributed by atoms with Crippen LogP contribution in [0.15, 0.2) is 23.1 Å². The van der Waals surface area contributed by atoms with E-state index in [1.807, 2.05) is 25.8 Å². The fourth-order valence-electron chi connectivity index (χ4n) is 6.01. The molecule has 1 aromatic rings. The molecule has 4 aliphatic heterocycles. The summed E-state index contributed by atoms with van der Waals surface area (Å²) in [5.74, 6) is -0.664. The van der Waals surface area contributed by atoms with Gasteiger partial charge in [0.2, 0.25) is 15.9 Å². The molecule has 0 saturated carbocycles. The number of benzene rings is 1. The van der Waals surface area contributed by atoms with E-state index in [1.54, 1.807) is 18.2 Å². The molecule has 10 nitrogen and oxygen atoms in total. The first-order valence-corrected chi connectivity index (χ1v) is 13.8. The number of nitrogens with one attached hydrogen (secondary N) is 3. The number of fused-ring (bicyclic) bond motifs is 2. The second-order valence-corrected chi connectivity index (χ2v) is 12.9. The Labute approximate surface area is 211 Å². The molecule has 0 bridgehead atoms. The summed E-state index contributed by atoms with van der Waals surface area (Å²) < 4.78 is 48.2. The highest BCUT2D eigenvalue weighted by Gasteiger charge is 2.58. The average molecular weight is 521 g/mol. The number of alkyl halides is 1. The summed E-state index contributed by atoms with van der Waals surface area (Å²) in [5.41, 5.74) is 3.03. The number of sulfonamides is 1. The Balaban J connectivity index is 1.45. The zero-order chi connectivity index (χ0) is 25.9. The van der Waals surface area contributed by atoms with Crippen molar-refractivity contribution in [2.75, 3.05) is 25.1 Å². The molecule has 3 unspecified atom stereocenters. The molecule has 3 saturated heterocycles. The lowest BCUT2D eigenvalue weighted by Gasteiger charge is -2.48. The van der Waals surface area contributed by atoms with E-state index in [4.69, 9.17) is 4.74 Å². The number of piperidine rings is 1. The Bertz CT molecular complexity index is 1200. The van der Waals surface area contributed by atoms with Crippen LogP contribution in [0.25, 0.3) is 0 Å². The molecule has 5 rings (SSSR count). The van der Waals surface area contributed by atoms with Crippen LogP contribution in [0.4, 0.5) is 10.1 Å². The van der Waals surface area contributed by atoms with Crippen LogP contribution in [0.3, 0.4) is 0 Å². The molecule has 1 amide bonds. The number of carbonyl (C=O) groups is 1. The van der Waals surface area contributed by atoms with E-state index in [1.165, 1.54) is 4.31 Å². The van der Waals surface area contributed by atoms with Gasteiger partial charge in [0, 0.05) is 37.0 Å². The van der Waals surface area contributed by atoms with Gasteiger partial charge in [-0.05, 0) is 57.4 Å². The molecule has 0 spiro atoms. The van der Waals surface area contributed by atoms with Crippen molar-refractivity contribution in [1.29, 1.82) is 5.26 Å². The second kappa shape index (κ2) is 8.92. The molecule has 36 heavy (non-hydrogen) atoms. The molecule has 3 fully saturated rings. The van der Waals surface area contributed by atoms with Crippen LogP contribution in [0.2, 0.25) is 0 Å². The van der Waals surface area contributed by atoms with Gasteiger partial charge >= 0.3 is 0 Å². The highest BCUT2D eigenvalue weighted by molar-refractivity contribution is 7.89. The first kappa shape index (κ1) is 25.4. The fourth-order valence-corrected chi connectivity index (χ4v) is 7.97. The third kappa shape index (κ3) is 3.97. The van der Waals surface area contributed by atoms with Crippen LogP contribution in [-0.2, 0) is 26.1 Å². The Kier molecular flexibility index (Phi) is 6.28. The number of hydrogen-bond acceptors (Lipinski definition) is 8. The zero-order valence-electron chi connectivity index (χ0n) is 20.8. The number of rotatable bonds is 4. The molecule has 5 atom stereocenters. The summed E-state index contributed by atoms with van der Waals surface area (Å²) in [6.07, 6.45) is -1.01. The van der Waals surface area contributed by atoms with Gasteiger partial charge < -0.3 is 15.4 Å². The smallest absolute Gasteiger partial charge is 0.244 e. The SMILES string of the molecule is CC(C)(C)N1Cc2cc(NC3NN([C@@]4(CC#N)CCOC[C@H]4F)C4CCNC(=O)C34)ccc2S1(=O)=O. The molecule has 4 heterocycles. The zero-order valence-corrected chi connectivity index (χ0v) is 21.6. The number of hydrogen-bond donors (Lipinski definition) is 3. The number of amides is 1. The summed E-state index contributed by atoms with van der Waals surface area (Å²) >= 11 is 0. The number of anilines is 1. The minimum Gasteiger partial charge on any atom is -0.378 e. The number of ether oxygens (including phenoxy) is 1. The lowest BCUT2D eigenvalue weighted by molar-refractivity contribution is -0.133. The van der Waals surface area contributed by atoms with Crippen LogP contribution in [0.5, 0.6) is 0 Å². The number of nitriles is 1. The van der Waals surface area contributed by atoms with Crippen LogP contribution in [0.1, 0.15) is 45.6 Å². The van der Waals surface area contributed by atoms with Crippen molar-refractivity contribution in [1.82, 2.24) is 20.1 Å². The largest absolute Gasteiger partial charge is 0.378 e. The second-order valence-electron chi connectivity index (χ2n) is 11.0. The number of nitrogens with zero attached hydrogens (tertiary/aromatic N) is 3. The van der Waals surface area contributed by atoms with E-state index in [9.17, 15) is 18.5 Å². The Hall–Kier alpha value is -2.30. The van der Waals surface area contributed by atoms with Gasteiger partial charge in [-0.3, -0.25) is 4.79 Å². The van der Waals surface area contributed by atoms with E-state index >= 15 is 4.39 Å². The summed E-state index contributed by atoms with van der Waals surface area (Å²) in [6.45, 7) is 6.57. The number of hydrazine groups is 1. The average Bonchev–Trinajstić information content (AvgIpc) is 3.31. The van der Waals surface area contributed by atoms with Crippen molar-refractivity contribution >= 4 is 21.6 Å². The first-order chi connectivity index (χ1) is 17.0. The van der Waals surface area contributed by atoms with Crippen molar-refractivity contribution in [3.63, 3.8) is 0 Å². The number of halogens is 1. The highest BCUT2D eigenvalue weighted by Crippen LogP contribution is 2.42. The van der Waals surface area contributed by atoms with Crippen molar-refractivity contribution in [2.24, 2.45) is 5.92 Å². The third-order valence-corrected chi connectivity index (χ3v) is 10.0. The maximum absolute atomic E-state index is 15.4. The molecular weight excluding hydrogens is 487 g/mol. The van der Waals surface area contributed by atoms with E-state index in [2.05, 4.69) is 22.1 Å². The molecule has 1 aromatic carbocycles. The van der Waals surface area contributed by atoms with Gasteiger partial charge in [0.05, 0.1) is 35.4 Å². The predicted octanol–water partition coefficient (Wildman–Crippen LogP) is 1.46. The molecule has 196 valence electrons. The Morgan fingerprint density at radius 1 is 1.36 bits per heavy atom. The van der Waals surface area contributed by atoms with Crippen molar-refractivity contribution in [2.45, 2.75) is 80.9 Å². The van der Waals surface area contributed by atoms with Gasteiger partial charge in [-0.1, -0.05) is 0 Å². The van der Waals surface area contributed by atoms with E-state index in [-0.39, 0.29) is 36.4 Å². The van der Waals surface area contributed by atoms with Gasteiger partial charge in [0.1, 0.15) is 12.3 Å². The third-order valence-electron chi connectivity index (χ3n) is 7.83. The molecular formula is C24H33FN6O4S. The molecule has 0 aromatic heterocycles. The monoisotopic (exact) mass is 520 g/mol. The molecule has 12 heteroatoms.